The molecule has 0 aliphatic heterocycles. The number of amides is 2. The zero-order valence-corrected chi connectivity index (χ0v) is 24.0. The van der Waals surface area contributed by atoms with Crippen LogP contribution in [0.1, 0.15) is 39.2 Å². The molecule has 0 saturated carbocycles. The summed E-state index contributed by atoms with van der Waals surface area (Å²) in [4.78, 5) is 28.7. The highest BCUT2D eigenvalue weighted by atomic mass is 32.2. The molecule has 214 valence electrons. The maximum atomic E-state index is 14.0. The van der Waals surface area contributed by atoms with E-state index in [0.717, 1.165) is 22.0 Å². The number of methoxy groups -OCH3 is 1. The van der Waals surface area contributed by atoms with Gasteiger partial charge in [0.25, 0.3) is 10.0 Å². The molecular formula is C30H36FN3O5S. The second-order valence-electron chi connectivity index (χ2n) is 9.41. The van der Waals surface area contributed by atoms with Crippen LogP contribution in [0.15, 0.2) is 83.8 Å². The number of hydrogen-bond donors (Lipinski definition) is 1. The number of sulfonamides is 1. The van der Waals surface area contributed by atoms with Crippen LogP contribution in [0.4, 0.5) is 10.1 Å². The van der Waals surface area contributed by atoms with Gasteiger partial charge in [-0.25, -0.2) is 12.8 Å². The Kier molecular flexibility index (Phi) is 10.7. The fourth-order valence-corrected chi connectivity index (χ4v) is 5.58. The first kappa shape index (κ1) is 30.6. The number of anilines is 1. The van der Waals surface area contributed by atoms with E-state index in [0.29, 0.717) is 18.6 Å². The Balaban J connectivity index is 2.03. The largest absolute Gasteiger partial charge is 0.497 e. The first-order valence-corrected chi connectivity index (χ1v) is 14.6. The van der Waals surface area contributed by atoms with E-state index in [9.17, 15) is 22.4 Å². The van der Waals surface area contributed by atoms with E-state index >= 15 is 0 Å². The van der Waals surface area contributed by atoms with Crippen molar-refractivity contribution < 1.29 is 27.1 Å². The Bertz CT molecular complexity index is 1370. The van der Waals surface area contributed by atoms with Crippen molar-refractivity contribution in [3.8, 4) is 5.75 Å². The van der Waals surface area contributed by atoms with Crippen molar-refractivity contribution >= 4 is 27.5 Å². The van der Waals surface area contributed by atoms with Crippen LogP contribution in [0.2, 0.25) is 0 Å². The molecule has 0 bridgehead atoms. The molecule has 0 fully saturated rings. The molecule has 40 heavy (non-hydrogen) atoms. The standard InChI is InChI=1S/C30H36FN3O5S/c1-5-22(3)32-30(36)28(6-2)33(20-23-12-18-26(39-4)19-13-23)29(35)21-34(25-16-14-24(31)15-17-25)40(37,38)27-10-8-7-9-11-27/h7-19,22,28H,5-6,20-21H2,1-4H3,(H,32,36)/t22-,28-/m1/s1. The van der Waals surface area contributed by atoms with Gasteiger partial charge >= 0.3 is 0 Å². The Labute approximate surface area is 235 Å². The van der Waals surface area contributed by atoms with Gasteiger partial charge in [-0.3, -0.25) is 13.9 Å². The Morgan fingerprint density at radius 3 is 2.10 bits per heavy atom. The minimum absolute atomic E-state index is 0.0182. The van der Waals surface area contributed by atoms with E-state index in [2.05, 4.69) is 5.32 Å². The van der Waals surface area contributed by atoms with E-state index in [4.69, 9.17) is 4.74 Å². The predicted octanol–water partition coefficient (Wildman–Crippen LogP) is 4.75. The van der Waals surface area contributed by atoms with Crippen molar-refractivity contribution in [1.29, 1.82) is 0 Å². The molecule has 0 spiro atoms. The van der Waals surface area contributed by atoms with Gasteiger partial charge in [-0.05, 0) is 73.9 Å². The number of carbonyl (C=O) groups is 2. The Morgan fingerprint density at radius 1 is 0.925 bits per heavy atom. The molecular weight excluding hydrogens is 533 g/mol. The Morgan fingerprint density at radius 2 is 1.55 bits per heavy atom. The number of nitrogens with one attached hydrogen (secondary N) is 1. The van der Waals surface area contributed by atoms with Crippen LogP contribution < -0.4 is 14.4 Å². The number of carbonyl (C=O) groups excluding carboxylic acids is 2. The summed E-state index contributed by atoms with van der Waals surface area (Å²) in [5.41, 5.74) is 0.864. The molecule has 3 aromatic rings. The van der Waals surface area contributed by atoms with Crippen LogP contribution in [0, 0.1) is 5.82 Å². The highest BCUT2D eigenvalue weighted by Crippen LogP contribution is 2.25. The molecule has 3 rings (SSSR count). The summed E-state index contributed by atoms with van der Waals surface area (Å²) < 4.78 is 47.4. The lowest BCUT2D eigenvalue weighted by Crippen LogP contribution is -2.53. The molecule has 0 saturated heterocycles. The summed E-state index contributed by atoms with van der Waals surface area (Å²) in [5.74, 6) is -0.801. The van der Waals surface area contributed by atoms with Crippen molar-refractivity contribution in [2.24, 2.45) is 0 Å². The second-order valence-corrected chi connectivity index (χ2v) is 11.3. The first-order valence-electron chi connectivity index (χ1n) is 13.2. The monoisotopic (exact) mass is 569 g/mol. The summed E-state index contributed by atoms with van der Waals surface area (Å²) >= 11 is 0. The normalized spacial score (nSPS) is 12.7. The number of rotatable bonds is 13. The number of benzene rings is 3. The van der Waals surface area contributed by atoms with Gasteiger partial charge in [0.15, 0.2) is 0 Å². The first-order chi connectivity index (χ1) is 19.1. The molecule has 0 heterocycles. The van der Waals surface area contributed by atoms with Crippen LogP contribution in [0.25, 0.3) is 0 Å². The molecule has 2 atom stereocenters. The van der Waals surface area contributed by atoms with Crippen molar-refractivity contribution in [2.75, 3.05) is 18.0 Å². The highest BCUT2D eigenvalue weighted by Gasteiger charge is 2.34. The number of ether oxygens (including phenoxy) is 1. The zero-order chi connectivity index (χ0) is 29.3. The van der Waals surface area contributed by atoms with Crippen LogP contribution in [-0.4, -0.2) is 50.9 Å². The molecule has 0 aliphatic carbocycles. The van der Waals surface area contributed by atoms with E-state index in [1.54, 1.807) is 56.5 Å². The van der Waals surface area contributed by atoms with Gasteiger partial charge in [-0.15, -0.1) is 0 Å². The lowest BCUT2D eigenvalue weighted by molar-refractivity contribution is -0.140. The van der Waals surface area contributed by atoms with E-state index in [-0.39, 0.29) is 29.1 Å². The smallest absolute Gasteiger partial charge is 0.264 e. The summed E-state index contributed by atoms with van der Waals surface area (Å²) in [5, 5.41) is 2.94. The second kappa shape index (κ2) is 13.9. The lowest BCUT2D eigenvalue weighted by atomic mass is 10.1. The Hall–Kier alpha value is -3.92. The van der Waals surface area contributed by atoms with E-state index < -0.39 is 34.3 Å². The summed E-state index contributed by atoms with van der Waals surface area (Å²) in [6, 6.07) is 18.7. The molecule has 0 radical (unpaired) electrons. The third-order valence-corrected chi connectivity index (χ3v) is 8.41. The fraction of sp³-hybridized carbons (Fsp3) is 0.333. The van der Waals surface area contributed by atoms with Gasteiger partial charge in [0.1, 0.15) is 24.2 Å². The molecule has 8 nitrogen and oxygen atoms in total. The van der Waals surface area contributed by atoms with Crippen LogP contribution >= 0.6 is 0 Å². The SMILES string of the molecule is CC[C@@H](C)NC(=O)[C@@H](CC)N(Cc1ccc(OC)cc1)C(=O)CN(c1ccc(F)cc1)S(=O)(=O)c1ccccc1. The molecule has 10 heteroatoms. The predicted molar refractivity (Wildman–Crippen MR) is 153 cm³/mol. The quantitative estimate of drug-likeness (QED) is 0.321. The van der Waals surface area contributed by atoms with Crippen molar-refractivity contribution in [3.05, 3.63) is 90.2 Å². The highest BCUT2D eigenvalue weighted by molar-refractivity contribution is 7.92. The van der Waals surface area contributed by atoms with Crippen LogP contribution in [0.3, 0.4) is 0 Å². The lowest BCUT2D eigenvalue weighted by Gasteiger charge is -2.33. The summed E-state index contributed by atoms with van der Waals surface area (Å²) in [6.07, 6.45) is 1.02. The van der Waals surface area contributed by atoms with Gasteiger partial charge in [0.05, 0.1) is 17.7 Å². The number of halogens is 1. The maximum absolute atomic E-state index is 14.0. The van der Waals surface area contributed by atoms with Crippen molar-refractivity contribution in [3.63, 3.8) is 0 Å². The molecule has 0 unspecified atom stereocenters. The average molecular weight is 570 g/mol. The van der Waals surface area contributed by atoms with Gasteiger partial charge in [0, 0.05) is 12.6 Å². The van der Waals surface area contributed by atoms with E-state index in [1.165, 1.54) is 29.2 Å². The number of nitrogens with zero attached hydrogens (tertiary/aromatic N) is 2. The summed E-state index contributed by atoms with van der Waals surface area (Å²) in [6.45, 7) is 5.10. The van der Waals surface area contributed by atoms with Gasteiger partial charge in [-0.1, -0.05) is 44.2 Å². The third-order valence-electron chi connectivity index (χ3n) is 6.62. The summed E-state index contributed by atoms with van der Waals surface area (Å²) in [7, 11) is -2.66. The molecule has 0 aromatic heterocycles. The van der Waals surface area contributed by atoms with Gasteiger partial charge in [-0.2, -0.15) is 0 Å². The molecule has 1 N–H and O–H groups in total. The molecule has 3 aromatic carbocycles. The number of hydrogen-bond acceptors (Lipinski definition) is 5. The molecule has 2 amide bonds. The van der Waals surface area contributed by atoms with Gasteiger partial charge < -0.3 is 15.0 Å². The van der Waals surface area contributed by atoms with Crippen LogP contribution in [0.5, 0.6) is 5.75 Å². The topological polar surface area (TPSA) is 96.0 Å². The third kappa shape index (κ3) is 7.59. The zero-order valence-electron chi connectivity index (χ0n) is 23.2. The van der Waals surface area contributed by atoms with Crippen LogP contribution in [-0.2, 0) is 26.2 Å². The van der Waals surface area contributed by atoms with Crippen molar-refractivity contribution in [1.82, 2.24) is 10.2 Å². The van der Waals surface area contributed by atoms with Gasteiger partial charge in [0.2, 0.25) is 11.8 Å². The minimum Gasteiger partial charge on any atom is -0.497 e. The fourth-order valence-electron chi connectivity index (χ4n) is 4.14. The van der Waals surface area contributed by atoms with E-state index in [1.807, 2.05) is 13.8 Å². The molecule has 0 aliphatic rings. The average Bonchev–Trinajstić information content (AvgIpc) is 2.96. The maximum Gasteiger partial charge on any atom is 0.264 e. The minimum atomic E-state index is -4.21. The van der Waals surface area contributed by atoms with Crippen molar-refractivity contribution in [2.45, 2.75) is 57.1 Å².